The first-order valence-electron chi connectivity index (χ1n) is 14.9. The van der Waals surface area contributed by atoms with Gasteiger partial charge < -0.3 is 24.1 Å². The van der Waals surface area contributed by atoms with Crippen molar-refractivity contribution in [2.75, 3.05) is 33.7 Å². The number of aliphatic hydroxyl groups is 1. The summed E-state index contributed by atoms with van der Waals surface area (Å²) < 4.78 is 11.3. The molecular weight excluding hydrogens is 480 g/mol. The van der Waals surface area contributed by atoms with Gasteiger partial charge in [-0.2, -0.15) is 0 Å². The molecule has 212 valence electrons. The lowest BCUT2D eigenvalue weighted by molar-refractivity contribution is -0.205. The summed E-state index contributed by atoms with van der Waals surface area (Å²) in [5, 5.41) is 12.4. The summed E-state index contributed by atoms with van der Waals surface area (Å²) in [5.74, 6) is 1.53. The Morgan fingerprint density at radius 1 is 1.05 bits per heavy atom. The van der Waals surface area contributed by atoms with Crippen LogP contribution in [-0.4, -0.2) is 66.4 Å². The molecule has 4 aliphatic rings. The summed E-state index contributed by atoms with van der Waals surface area (Å²) >= 11 is 0. The standard InChI is InChI=1S/C31H48N2O5/c1-6-33(18-17-32(4)5)28(35)38-23-11-14-29(2)22(19-23)8-9-26-25(29)12-15-30(3)24(13-16-31(26,30)36)21-7-10-27(34)37-20-21/h7,10,20,22-26,36H,6,8-9,11-19H2,1-5H3. The van der Waals surface area contributed by atoms with Crippen LogP contribution in [-0.2, 0) is 4.74 Å². The number of rotatable bonds is 6. The molecule has 5 rings (SSSR count). The fourth-order valence-corrected chi connectivity index (χ4v) is 9.31. The van der Waals surface area contributed by atoms with Crippen LogP contribution in [0, 0.1) is 28.6 Å². The number of carbonyl (C=O) groups is 1. The van der Waals surface area contributed by atoms with Crippen LogP contribution in [0.3, 0.4) is 0 Å². The number of nitrogens with zero attached hydrogens (tertiary/aromatic N) is 2. The van der Waals surface area contributed by atoms with Crippen molar-refractivity contribution in [2.24, 2.45) is 28.6 Å². The second kappa shape index (κ2) is 10.3. The van der Waals surface area contributed by atoms with Crippen LogP contribution in [0.2, 0.25) is 0 Å². The van der Waals surface area contributed by atoms with Gasteiger partial charge in [0.15, 0.2) is 0 Å². The molecule has 0 aliphatic heterocycles. The average Bonchev–Trinajstić information content (AvgIpc) is 3.16. The Hall–Kier alpha value is -1.86. The van der Waals surface area contributed by atoms with Gasteiger partial charge in [-0.1, -0.05) is 13.8 Å². The Morgan fingerprint density at radius 2 is 1.84 bits per heavy atom. The van der Waals surface area contributed by atoms with Crippen LogP contribution in [0.5, 0.6) is 0 Å². The van der Waals surface area contributed by atoms with Crippen molar-refractivity contribution in [3.8, 4) is 0 Å². The first-order chi connectivity index (χ1) is 18.0. The Morgan fingerprint density at radius 3 is 2.53 bits per heavy atom. The highest BCUT2D eigenvalue weighted by atomic mass is 16.6. The number of fused-ring (bicyclic) bond motifs is 5. The first-order valence-corrected chi connectivity index (χ1v) is 14.9. The lowest BCUT2D eigenvalue weighted by Gasteiger charge is -2.63. The van der Waals surface area contributed by atoms with Crippen LogP contribution in [0.15, 0.2) is 27.6 Å². The molecule has 1 heterocycles. The van der Waals surface area contributed by atoms with E-state index in [1.54, 1.807) is 6.26 Å². The molecule has 4 fully saturated rings. The van der Waals surface area contributed by atoms with Gasteiger partial charge in [-0.3, -0.25) is 0 Å². The van der Waals surface area contributed by atoms with Crippen molar-refractivity contribution in [3.05, 3.63) is 34.4 Å². The Balaban J connectivity index is 1.28. The quantitative estimate of drug-likeness (QED) is 0.542. The number of likely N-dealkylation sites (N-methyl/N-ethyl adjacent to an activating group) is 2. The summed E-state index contributed by atoms with van der Waals surface area (Å²) in [5.41, 5.74) is 0.00720. The van der Waals surface area contributed by atoms with Crippen molar-refractivity contribution in [3.63, 3.8) is 0 Å². The number of ether oxygens (including phenoxy) is 1. The van der Waals surface area contributed by atoms with Crippen molar-refractivity contribution in [1.82, 2.24) is 9.80 Å². The third-order valence-electron chi connectivity index (χ3n) is 11.7. The summed E-state index contributed by atoms with van der Waals surface area (Å²) in [4.78, 5) is 28.4. The number of hydrogen-bond donors (Lipinski definition) is 1. The molecule has 1 aromatic rings. The molecule has 4 saturated carbocycles. The maximum Gasteiger partial charge on any atom is 0.410 e. The summed E-state index contributed by atoms with van der Waals surface area (Å²) in [6.45, 7) is 8.95. The summed E-state index contributed by atoms with van der Waals surface area (Å²) in [6, 6.07) is 3.42. The molecule has 4 aliphatic carbocycles. The fourth-order valence-electron chi connectivity index (χ4n) is 9.31. The van der Waals surface area contributed by atoms with Crippen LogP contribution in [0.4, 0.5) is 4.79 Å². The van der Waals surface area contributed by atoms with E-state index in [0.717, 1.165) is 69.9 Å². The van der Waals surface area contributed by atoms with Crippen LogP contribution < -0.4 is 5.63 Å². The minimum Gasteiger partial charge on any atom is -0.446 e. The van der Waals surface area contributed by atoms with E-state index < -0.39 is 5.60 Å². The molecule has 38 heavy (non-hydrogen) atoms. The molecule has 7 heteroatoms. The molecule has 8 unspecified atom stereocenters. The van der Waals surface area contributed by atoms with E-state index in [1.807, 2.05) is 32.0 Å². The molecular formula is C31H48N2O5. The van der Waals surface area contributed by atoms with E-state index in [0.29, 0.717) is 30.8 Å². The second-order valence-electron chi connectivity index (χ2n) is 13.5. The van der Waals surface area contributed by atoms with E-state index in [9.17, 15) is 14.7 Å². The number of hydrogen-bond acceptors (Lipinski definition) is 6. The van der Waals surface area contributed by atoms with Crippen LogP contribution in [0.1, 0.15) is 90.0 Å². The first kappa shape index (κ1) is 27.7. The van der Waals surface area contributed by atoms with E-state index in [-0.39, 0.29) is 34.6 Å². The molecule has 1 amide bonds. The van der Waals surface area contributed by atoms with Crippen molar-refractivity contribution in [1.29, 1.82) is 0 Å². The van der Waals surface area contributed by atoms with Crippen LogP contribution >= 0.6 is 0 Å². The molecule has 0 spiro atoms. The highest BCUT2D eigenvalue weighted by molar-refractivity contribution is 5.67. The van der Waals surface area contributed by atoms with Gasteiger partial charge in [0.1, 0.15) is 6.10 Å². The second-order valence-corrected chi connectivity index (χ2v) is 13.5. The van der Waals surface area contributed by atoms with Gasteiger partial charge in [0.2, 0.25) is 0 Å². The molecule has 1 aromatic heterocycles. The SMILES string of the molecule is CCN(CCN(C)C)C(=O)OC1CCC2(C)C(CCC3C2CCC2(C)C(c4ccc(=O)oc4)CCC32O)C1. The van der Waals surface area contributed by atoms with E-state index >= 15 is 0 Å². The van der Waals surface area contributed by atoms with E-state index in [1.165, 1.54) is 6.07 Å². The van der Waals surface area contributed by atoms with Gasteiger partial charge in [0.05, 0.1) is 11.9 Å². The predicted octanol–water partition coefficient (Wildman–Crippen LogP) is 5.27. The molecule has 0 aromatic carbocycles. The third kappa shape index (κ3) is 4.51. The lowest BCUT2D eigenvalue weighted by Crippen LogP contribution is -2.62. The Bertz CT molecular complexity index is 1050. The minimum absolute atomic E-state index is 0.00827. The maximum atomic E-state index is 12.9. The Kier molecular flexibility index (Phi) is 7.49. The summed E-state index contributed by atoms with van der Waals surface area (Å²) in [6.07, 6.45) is 10.4. The molecule has 0 saturated heterocycles. The predicted molar refractivity (Wildman–Crippen MR) is 147 cm³/mol. The van der Waals surface area contributed by atoms with Crippen molar-refractivity contribution in [2.45, 2.75) is 96.2 Å². The minimum atomic E-state index is -0.692. The van der Waals surface area contributed by atoms with E-state index in [2.05, 4.69) is 18.7 Å². The molecule has 1 N–H and O–H groups in total. The normalized spacial score (nSPS) is 40.2. The Labute approximate surface area is 227 Å². The highest BCUT2D eigenvalue weighted by Gasteiger charge is 2.67. The average molecular weight is 529 g/mol. The van der Waals surface area contributed by atoms with Gasteiger partial charge in [-0.25, -0.2) is 9.59 Å². The zero-order valence-corrected chi connectivity index (χ0v) is 24.1. The van der Waals surface area contributed by atoms with Gasteiger partial charge in [-0.05, 0) is 120 Å². The van der Waals surface area contributed by atoms with Gasteiger partial charge >= 0.3 is 11.7 Å². The molecule has 0 bridgehead atoms. The fraction of sp³-hybridized carbons (Fsp3) is 0.806. The molecule has 8 atom stereocenters. The van der Waals surface area contributed by atoms with Gasteiger partial charge in [-0.15, -0.1) is 0 Å². The van der Waals surface area contributed by atoms with Gasteiger partial charge in [0, 0.05) is 31.1 Å². The van der Waals surface area contributed by atoms with Gasteiger partial charge in [0.25, 0.3) is 0 Å². The monoisotopic (exact) mass is 528 g/mol. The maximum absolute atomic E-state index is 12.9. The highest BCUT2D eigenvalue weighted by Crippen LogP contribution is 2.70. The zero-order chi connectivity index (χ0) is 27.3. The number of amides is 1. The number of carbonyl (C=O) groups excluding carboxylic acids is 1. The van der Waals surface area contributed by atoms with E-state index in [4.69, 9.17) is 9.15 Å². The van der Waals surface area contributed by atoms with Crippen molar-refractivity contribution < 1.29 is 19.1 Å². The molecule has 7 nitrogen and oxygen atoms in total. The summed E-state index contributed by atoms with van der Waals surface area (Å²) in [7, 11) is 4.04. The van der Waals surface area contributed by atoms with Crippen LogP contribution in [0.25, 0.3) is 0 Å². The molecule has 0 radical (unpaired) electrons. The third-order valence-corrected chi connectivity index (χ3v) is 11.7. The largest absolute Gasteiger partial charge is 0.446 e. The lowest BCUT2D eigenvalue weighted by atomic mass is 9.43. The zero-order valence-electron chi connectivity index (χ0n) is 24.1. The smallest absolute Gasteiger partial charge is 0.410 e. The van der Waals surface area contributed by atoms with Crippen molar-refractivity contribution >= 4 is 6.09 Å². The topological polar surface area (TPSA) is 83.2 Å².